The molecule has 2 aromatic rings. The first kappa shape index (κ1) is 19.7. The summed E-state index contributed by atoms with van der Waals surface area (Å²) in [6, 6.07) is 15.6. The molecule has 0 unspecified atom stereocenters. The first-order valence-electron chi connectivity index (χ1n) is 9.58. The number of benzene rings is 2. The van der Waals surface area contributed by atoms with Gasteiger partial charge in [0.1, 0.15) is 0 Å². The van der Waals surface area contributed by atoms with Gasteiger partial charge >= 0.3 is 0 Å². The van der Waals surface area contributed by atoms with Crippen molar-refractivity contribution in [3.05, 3.63) is 59.2 Å². The van der Waals surface area contributed by atoms with Gasteiger partial charge in [-0.05, 0) is 60.4 Å². The van der Waals surface area contributed by atoms with E-state index in [9.17, 15) is 10.2 Å². The van der Waals surface area contributed by atoms with Crippen molar-refractivity contribution >= 4 is 0 Å². The Hall–Kier alpha value is -1.64. The molecule has 0 heterocycles. The predicted molar refractivity (Wildman–Crippen MR) is 106 cm³/mol. The lowest BCUT2D eigenvalue weighted by molar-refractivity contribution is 0.144. The van der Waals surface area contributed by atoms with Crippen LogP contribution in [0, 0.1) is 12.8 Å². The van der Waals surface area contributed by atoms with E-state index < -0.39 is 0 Å². The highest BCUT2D eigenvalue weighted by molar-refractivity contribution is 5.67. The van der Waals surface area contributed by atoms with Gasteiger partial charge in [-0.2, -0.15) is 0 Å². The minimum atomic E-state index is -0.0137. The van der Waals surface area contributed by atoms with E-state index >= 15 is 0 Å². The van der Waals surface area contributed by atoms with Crippen LogP contribution in [-0.2, 0) is 12.8 Å². The molecule has 2 heteroatoms. The SMILES string of the molecule is CCCCCc1ccc(-c2ccc(CCC(CO)CO)cc2C)cc1. The third-order valence-corrected chi connectivity index (χ3v) is 4.98. The third kappa shape index (κ3) is 5.98. The number of hydrogen-bond donors (Lipinski definition) is 2. The third-order valence-electron chi connectivity index (χ3n) is 4.98. The maximum absolute atomic E-state index is 9.18. The first-order chi connectivity index (χ1) is 12.2. The fourth-order valence-electron chi connectivity index (χ4n) is 3.25. The summed E-state index contributed by atoms with van der Waals surface area (Å²) in [5.41, 5.74) is 6.52. The Morgan fingerprint density at radius 2 is 1.52 bits per heavy atom. The molecule has 2 aromatic carbocycles. The zero-order chi connectivity index (χ0) is 18.1. The molecule has 0 spiro atoms. The van der Waals surface area contributed by atoms with Crippen molar-refractivity contribution in [3.63, 3.8) is 0 Å². The van der Waals surface area contributed by atoms with Gasteiger partial charge in [0, 0.05) is 19.1 Å². The van der Waals surface area contributed by atoms with Crippen molar-refractivity contribution in [2.45, 2.75) is 52.4 Å². The van der Waals surface area contributed by atoms with Gasteiger partial charge in [-0.3, -0.25) is 0 Å². The summed E-state index contributed by atoms with van der Waals surface area (Å²) < 4.78 is 0. The summed E-state index contributed by atoms with van der Waals surface area (Å²) in [6.45, 7) is 4.50. The van der Waals surface area contributed by atoms with Crippen molar-refractivity contribution in [1.29, 1.82) is 0 Å². The van der Waals surface area contributed by atoms with E-state index in [-0.39, 0.29) is 19.1 Å². The lowest BCUT2D eigenvalue weighted by atomic mass is 9.94. The summed E-state index contributed by atoms with van der Waals surface area (Å²) in [4.78, 5) is 0. The summed E-state index contributed by atoms with van der Waals surface area (Å²) in [7, 11) is 0. The normalized spacial score (nSPS) is 11.2. The molecule has 0 aliphatic heterocycles. The smallest absolute Gasteiger partial charge is 0.0481 e. The van der Waals surface area contributed by atoms with Crippen LogP contribution in [0.5, 0.6) is 0 Å². The van der Waals surface area contributed by atoms with Gasteiger partial charge in [0.25, 0.3) is 0 Å². The average Bonchev–Trinajstić information content (AvgIpc) is 2.64. The van der Waals surface area contributed by atoms with Gasteiger partial charge in [0.05, 0.1) is 0 Å². The number of unbranched alkanes of at least 4 members (excludes halogenated alkanes) is 2. The Labute approximate surface area is 152 Å². The zero-order valence-corrected chi connectivity index (χ0v) is 15.7. The fraction of sp³-hybridized carbons (Fsp3) is 0.478. The molecule has 2 nitrogen and oxygen atoms in total. The molecule has 0 aliphatic carbocycles. The molecule has 0 fully saturated rings. The van der Waals surface area contributed by atoms with Crippen LogP contribution in [-0.4, -0.2) is 23.4 Å². The second-order valence-electron chi connectivity index (χ2n) is 7.07. The van der Waals surface area contributed by atoms with Crippen LogP contribution in [0.25, 0.3) is 11.1 Å². The standard InChI is InChI=1S/C23H32O2/c1-3-4-5-6-19-9-12-22(13-10-19)23-14-11-20(15-18(23)2)7-8-21(16-24)17-25/h9-15,21,24-25H,3-8,16-17H2,1-2H3. The Morgan fingerprint density at radius 1 is 0.840 bits per heavy atom. The minimum Gasteiger partial charge on any atom is -0.396 e. The van der Waals surface area contributed by atoms with Crippen molar-refractivity contribution < 1.29 is 10.2 Å². The number of aliphatic hydroxyl groups is 2. The summed E-state index contributed by atoms with van der Waals surface area (Å²) in [5.74, 6) is -0.0137. The molecule has 0 aliphatic rings. The molecular formula is C23H32O2. The van der Waals surface area contributed by atoms with Crippen molar-refractivity contribution in [3.8, 4) is 11.1 Å². The van der Waals surface area contributed by atoms with Crippen LogP contribution < -0.4 is 0 Å². The van der Waals surface area contributed by atoms with Gasteiger partial charge < -0.3 is 10.2 Å². The molecule has 0 saturated carbocycles. The Bertz CT molecular complexity index is 627. The largest absolute Gasteiger partial charge is 0.396 e. The van der Waals surface area contributed by atoms with Gasteiger partial charge in [-0.1, -0.05) is 62.2 Å². The van der Waals surface area contributed by atoms with Crippen molar-refractivity contribution in [1.82, 2.24) is 0 Å². The molecule has 0 atom stereocenters. The van der Waals surface area contributed by atoms with Crippen LogP contribution in [0.2, 0.25) is 0 Å². The topological polar surface area (TPSA) is 40.5 Å². The molecule has 2 rings (SSSR count). The van der Waals surface area contributed by atoms with Crippen LogP contribution >= 0.6 is 0 Å². The highest BCUT2D eigenvalue weighted by Gasteiger charge is 2.08. The van der Waals surface area contributed by atoms with Crippen LogP contribution in [0.1, 0.15) is 49.3 Å². The molecule has 0 radical (unpaired) electrons. The lowest BCUT2D eigenvalue weighted by Gasteiger charge is -2.13. The first-order valence-corrected chi connectivity index (χ1v) is 9.58. The number of aliphatic hydroxyl groups excluding tert-OH is 2. The Kier molecular flexibility index (Phi) is 8.17. The average molecular weight is 341 g/mol. The second-order valence-corrected chi connectivity index (χ2v) is 7.07. The van der Waals surface area contributed by atoms with E-state index in [2.05, 4.69) is 56.3 Å². The number of aryl methyl sites for hydroxylation is 3. The van der Waals surface area contributed by atoms with E-state index in [0.29, 0.717) is 0 Å². The van der Waals surface area contributed by atoms with E-state index in [1.54, 1.807) is 0 Å². The minimum absolute atomic E-state index is 0.0137. The van der Waals surface area contributed by atoms with Gasteiger partial charge in [0.15, 0.2) is 0 Å². The van der Waals surface area contributed by atoms with Gasteiger partial charge in [0.2, 0.25) is 0 Å². The number of rotatable bonds is 10. The highest BCUT2D eigenvalue weighted by atomic mass is 16.3. The van der Waals surface area contributed by atoms with Crippen LogP contribution in [0.4, 0.5) is 0 Å². The van der Waals surface area contributed by atoms with Gasteiger partial charge in [-0.25, -0.2) is 0 Å². The summed E-state index contributed by atoms with van der Waals surface area (Å²) in [6.07, 6.45) is 6.72. The predicted octanol–water partition coefficient (Wildman–Crippen LogP) is 4.93. The lowest BCUT2D eigenvalue weighted by Crippen LogP contribution is -2.11. The van der Waals surface area contributed by atoms with Crippen molar-refractivity contribution in [2.75, 3.05) is 13.2 Å². The van der Waals surface area contributed by atoms with E-state index in [1.165, 1.54) is 53.5 Å². The van der Waals surface area contributed by atoms with Crippen molar-refractivity contribution in [2.24, 2.45) is 5.92 Å². The van der Waals surface area contributed by atoms with Crippen LogP contribution in [0.3, 0.4) is 0 Å². The molecule has 136 valence electrons. The fourth-order valence-corrected chi connectivity index (χ4v) is 3.25. The van der Waals surface area contributed by atoms with E-state index in [1.807, 2.05) is 0 Å². The Morgan fingerprint density at radius 3 is 2.12 bits per heavy atom. The summed E-state index contributed by atoms with van der Waals surface area (Å²) >= 11 is 0. The zero-order valence-electron chi connectivity index (χ0n) is 15.7. The molecule has 0 amide bonds. The molecule has 0 aromatic heterocycles. The molecule has 2 N–H and O–H groups in total. The molecule has 0 saturated heterocycles. The van der Waals surface area contributed by atoms with Crippen LogP contribution in [0.15, 0.2) is 42.5 Å². The maximum atomic E-state index is 9.18. The van der Waals surface area contributed by atoms with E-state index in [4.69, 9.17) is 0 Å². The summed E-state index contributed by atoms with van der Waals surface area (Å²) in [5, 5.41) is 18.4. The molecule has 25 heavy (non-hydrogen) atoms. The highest BCUT2D eigenvalue weighted by Crippen LogP contribution is 2.26. The quantitative estimate of drug-likeness (QED) is 0.602. The van der Waals surface area contributed by atoms with Gasteiger partial charge in [-0.15, -0.1) is 0 Å². The molecular weight excluding hydrogens is 308 g/mol. The monoisotopic (exact) mass is 340 g/mol. The Balaban J connectivity index is 2.02. The molecule has 0 bridgehead atoms. The maximum Gasteiger partial charge on any atom is 0.0481 e. The second kappa shape index (κ2) is 10.4. The number of hydrogen-bond acceptors (Lipinski definition) is 2. The van der Waals surface area contributed by atoms with E-state index in [0.717, 1.165) is 12.8 Å².